The molecule has 3 aromatic rings. The summed E-state index contributed by atoms with van der Waals surface area (Å²) in [6.45, 7) is 4.00. The van der Waals surface area contributed by atoms with E-state index < -0.39 is 0 Å². The summed E-state index contributed by atoms with van der Waals surface area (Å²) in [4.78, 5) is 20.6. The van der Waals surface area contributed by atoms with Gasteiger partial charge in [0, 0.05) is 24.9 Å². The zero-order valence-electron chi connectivity index (χ0n) is 20.5. The number of anilines is 2. The first-order valence-corrected chi connectivity index (χ1v) is 11.0. The number of nitrogens with one attached hydrogen (secondary N) is 2. The molecule has 0 radical (unpaired) electrons. The number of rotatable bonds is 8. The number of hydrogen-bond acceptors (Lipinski definition) is 8. The first-order valence-electron chi connectivity index (χ1n) is 10.6. The Morgan fingerprint density at radius 2 is 1.60 bits per heavy atom. The molecule has 0 bridgehead atoms. The number of ether oxygens (including phenoxy) is 4. The van der Waals surface area contributed by atoms with Crippen molar-refractivity contribution in [1.82, 2.24) is 15.3 Å². The zero-order valence-corrected chi connectivity index (χ0v) is 21.3. The van der Waals surface area contributed by atoms with Crippen LogP contribution >= 0.6 is 11.6 Å². The Labute approximate surface area is 210 Å². The minimum Gasteiger partial charge on any atom is -0.493 e. The van der Waals surface area contributed by atoms with Gasteiger partial charge in [-0.25, -0.2) is 4.98 Å². The van der Waals surface area contributed by atoms with E-state index in [4.69, 9.17) is 30.5 Å². The van der Waals surface area contributed by atoms with Crippen LogP contribution in [0.1, 0.15) is 24.2 Å². The van der Waals surface area contributed by atoms with Crippen LogP contribution in [0, 0.1) is 0 Å². The number of nitrogens with zero attached hydrogens (tertiary/aromatic N) is 2. The van der Waals surface area contributed by atoms with E-state index in [1.807, 2.05) is 26.0 Å². The van der Waals surface area contributed by atoms with Gasteiger partial charge in [0.2, 0.25) is 17.6 Å². The largest absolute Gasteiger partial charge is 0.493 e. The van der Waals surface area contributed by atoms with E-state index in [1.54, 1.807) is 36.4 Å². The smallest absolute Gasteiger partial charge is 0.254 e. The van der Waals surface area contributed by atoms with E-state index in [0.717, 1.165) is 0 Å². The van der Waals surface area contributed by atoms with Crippen molar-refractivity contribution in [2.75, 3.05) is 33.7 Å². The third-order valence-corrected chi connectivity index (χ3v) is 4.79. The van der Waals surface area contributed by atoms with Gasteiger partial charge in [-0.05, 0) is 26.0 Å². The Morgan fingerprint density at radius 1 is 0.971 bits per heavy atom. The van der Waals surface area contributed by atoms with Gasteiger partial charge in [0.05, 0.1) is 33.1 Å². The molecule has 0 fully saturated rings. The highest BCUT2D eigenvalue weighted by Gasteiger charge is 2.16. The van der Waals surface area contributed by atoms with Gasteiger partial charge < -0.3 is 29.6 Å². The van der Waals surface area contributed by atoms with Crippen molar-refractivity contribution in [3.8, 4) is 28.9 Å². The van der Waals surface area contributed by atoms with Crippen LogP contribution < -0.4 is 29.6 Å². The van der Waals surface area contributed by atoms with Crippen molar-refractivity contribution >= 4 is 29.1 Å². The van der Waals surface area contributed by atoms with Gasteiger partial charge in [0.15, 0.2) is 11.5 Å². The molecule has 0 saturated carbocycles. The number of hydrogen-bond donors (Lipinski definition) is 2. The maximum atomic E-state index is 12.1. The Morgan fingerprint density at radius 3 is 2.14 bits per heavy atom. The molecule has 2 N–H and O–H groups in total. The number of methoxy groups -OCH3 is 3. The quantitative estimate of drug-likeness (QED) is 0.383. The highest BCUT2D eigenvalue weighted by molar-refractivity contribution is 6.31. The highest BCUT2D eigenvalue weighted by Crippen LogP contribution is 2.40. The molecule has 1 aromatic heterocycles. The fraction of sp³-hybridized carbons (Fsp3) is 0.240. The maximum absolute atomic E-state index is 12.1. The van der Waals surface area contributed by atoms with E-state index >= 15 is 0 Å². The summed E-state index contributed by atoms with van der Waals surface area (Å²) in [6.07, 6.45) is 5.40. The summed E-state index contributed by atoms with van der Waals surface area (Å²) in [5.41, 5.74) is 0.937. The Hall–Kier alpha value is -3.98. The minimum absolute atomic E-state index is 0.0861. The number of carbonyl (C=O) groups excluding carboxylic acids is 1. The molecular formula is C25H29ClN4O5. The normalized spacial score (nSPS) is 10.1. The topological polar surface area (TPSA) is 104 Å². The monoisotopic (exact) mass is 500 g/mol. The summed E-state index contributed by atoms with van der Waals surface area (Å²) < 4.78 is 21.9. The molecule has 0 atom stereocenters. The third kappa shape index (κ3) is 7.25. The van der Waals surface area contributed by atoms with Crippen molar-refractivity contribution in [2.45, 2.75) is 13.8 Å². The van der Waals surface area contributed by atoms with Crippen LogP contribution in [0.3, 0.4) is 0 Å². The first kappa shape index (κ1) is 27.3. The lowest BCUT2D eigenvalue weighted by molar-refractivity contribution is 0.0960. The van der Waals surface area contributed by atoms with Crippen molar-refractivity contribution in [2.24, 2.45) is 0 Å². The van der Waals surface area contributed by atoms with Gasteiger partial charge in [-0.2, -0.15) is 4.98 Å². The fourth-order valence-corrected chi connectivity index (χ4v) is 2.88. The average Bonchev–Trinajstić information content (AvgIpc) is 2.89. The molecular weight excluding hydrogens is 472 g/mol. The number of benzene rings is 2. The highest BCUT2D eigenvalue weighted by atomic mass is 35.5. The number of carbonyl (C=O) groups is 1. The van der Waals surface area contributed by atoms with E-state index in [-0.39, 0.29) is 22.8 Å². The first-order chi connectivity index (χ1) is 16.9. The second-order valence-electron chi connectivity index (χ2n) is 6.73. The second kappa shape index (κ2) is 13.7. The summed E-state index contributed by atoms with van der Waals surface area (Å²) in [7, 11) is 6.11. The van der Waals surface area contributed by atoms with Gasteiger partial charge in [-0.1, -0.05) is 35.9 Å². The molecule has 2 aromatic carbocycles. The van der Waals surface area contributed by atoms with Gasteiger partial charge in [0.1, 0.15) is 10.8 Å². The lowest BCUT2D eigenvalue weighted by atomic mass is 10.2. The summed E-state index contributed by atoms with van der Waals surface area (Å²) >= 11 is 6.21. The van der Waals surface area contributed by atoms with Crippen molar-refractivity contribution < 1.29 is 23.7 Å². The second-order valence-corrected chi connectivity index (χ2v) is 7.14. The third-order valence-electron chi connectivity index (χ3n) is 4.53. The average molecular weight is 501 g/mol. The van der Waals surface area contributed by atoms with Crippen molar-refractivity contribution in [1.29, 1.82) is 0 Å². The molecule has 0 unspecified atom stereocenters. The molecule has 1 heterocycles. The molecule has 186 valence electrons. The molecule has 3 rings (SSSR count). The van der Waals surface area contributed by atoms with Gasteiger partial charge in [-0.3, -0.25) is 4.79 Å². The number of amides is 1. The van der Waals surface area contributed by atoms with Crippen LogP contribution in [0.2, 0.25) is 5.02 Å². The molecule has 0 aliphatic heterocycles. The molecule has 0 aliphatic carbocycles. The van der Waals surface area contributed by atoms with Gasteiger partial charge >= 0.3 is 0 Å². The Balaban J connectivity index is 0.00000100. The number of aromatic nitrogens is 2. The van der Waals surface area contributed by atoms with Crippen molar-refractivity contribution in [3.63, 3.8) is 0 Å². The number of allylic oxidation sites excluding steroid dienone is 2. The molecule has 0 saturated heterocycles. The minimum atomic E-state index is -0.295. The van der Waals surface area contributed by atoms with Crippen molar-refractivity contribution in [3.05, 3.63) is 65.3 Å². The summed E-state index contributed by atoms with van der Waals surface area (Å²) in [5, 5.41) is 5.80. The summed E-state index contributed by atoms with van der Waals surface area (Å²) in [6, 6.07) is 10.2. The molecule has 9 nitrogen and oxygen atoms in total. The predicted octanol–water partition coefficient (Wildman–Crippen LogP) is 5.63. The lowest BCUT2D eigenvalue weighted by Gasteiger charge is -2.15. The number of halogens is 1. The van der Waals surface area contributed by atoms with Crippen LogP contribution in [0.5, 0.6) is 28.9 Å². The van der Waals surface area contributed by atoms with E-state index in [1.165, 1.54) is 34.6 Å². The zero-order chi connectivity index (χ0) is 25.8. The summed E-state index contributed by atoms with van der Waals surface area (Å²) in [5.74, 6) is 1.71. The molecule has 0 spiro atoms. The molecule has 0 aliphatic rings. The fourth-order valence-electron chi connectivity index (χ4n) is 2.75. The Kier molecular flexibility index (Phi) is 10.6. The lowest BCUT2D eigenvalue weighted by Crippen LogP contribution is -2.18. The SMILES string of the molecule is C/C=C\C.CNC(=O)c1ccccc1Oc1nc(Nc2cc(OC)c(OC)c(OC)c2)ncc1Cl. The van der Waals surface area contributed by atoms with Crippen LogP contribution in [-0.2, 0) is 0 Å². The molecule has 10 heteroatoms. The van der Waals surface area contributed by atoms with E-state index in [0.29, 0.717) is 34.2 Å². The predicted molar refractivity (Wildman–Crippen MR) is 137 cm³/mol. The standard InChI is InChI=1S/C21H21ClN4O5.C4H8/c1-23-19(27)13-7-5-6-8-15(13)31-20-14(22)11-24-21(26-20)25-12-9-16(28-2)18(30-4)17(10-12)29-3;1-3-4-2/h5-11H,1-4H3,(H,23,27)(H,24,25,26);3-4H,1-2H3/b;4-3-. The van der Waals surface area contributed by atoms with Crippen LogP contribution in [0.25, 0.3) is 0 Å². The van der Waals surface area contributed by atoms with Crippen LogP contribution in [0.15, 0.2) is 54.7 Å². The molecule has 35 heavy (non-hydrogen) atoms. The van der Waals surface area contributed by atoms with E-state index in [9.17, 15) is 4.79 Å². The van der Waals surface area contributed by atoms with Gasteiger partial charge in [-0.15, -0.1) is 0 Å². The Bertz CT molecular complexity index is 1140. The van der Waals surface area contributed by atoms with Crippen LogP contribution in [0.4, 0.5) is 11.6 Å². The van der Waals surface area contributed by atoms with E-state index in [2.05, 4.69) is 20.6 Å². The maximum Gasteiger partial charge on any atom is 0.254 e. The molecule has 1 amide bonds. The van der Waals surface area contributed by atoms with Gasteiger partial charge in [0.25, 0.3) is 5.91 Å². The number of para-hydroxylation sites is 1. The van der Waals surface area contributed by atoms with Crippen LogP contribution in [-0.4, -0.2) is 44.3 Å².